The Hall–Kier alpha value is -2.00. The first-order valence-electron chi connectivity index (χ1n) is 7.86. The Morgan fingerprint density at radius 2 is 1.74 bits per heavy atom. The van der Waals surface area contributed by atoms with Gasteiger partial charge in [-0.1, -0.05) is 6.07 Å². The predicted molar refractivity (Wildman–Crippen MR) is 95.4 cm³/mol. The van der Waals surface area contributed by atoms with Gasteiger partial charge < -0.3 is 4.74 Å². The molecule has 0 N–H and O–H groups in total. The summed E-state index contributed by atoms with van der Waals surface area (Å²) < 4.78 is 7.84. The van der Waals surface area contributed by atoms with E-state index in [0.717, 1.165) is 34.0 Å². The lowest BCUT2D eigenvalue weighted by Crippen LogP contribution is -2.05. The zero-order chi connectivity index (χ0) is 16.6. The average Bonchev–Trinajstić information content (AvgIpc) is 2.88. The van der Waals surface area contributed by atoms with Crippen molar-refractivity contribution in [2.24, 2.45) is 0 Å². The third kappa shape index (κ3) is 3.06. The minimum atomic E-state index is -0.132. The van der Waals surface area contributed by atoms with Crippen LogP contribution in [0.2, 0.25) is 0 Å². The Morgan fingerprint density at radius 3 is 2.35 bits per heavy atom. The molecule has 0 spiro atoms. The van der Waals surface area contributed by atoms with Gasteiger partial charge in [-0.3, -0.25) is 4.40 Å². The maximum atomic E-state index is 6.47. The first kappa shape index (κ1) is 15.9. The molecule has 0 bridgehead atoms. The van der Waals surface area contributed by atoms with Crippen molar-refractivity contribution in [3.63, 3.8) is 0 Å². The van der Waals surface area contributed by atoms with Crippen LogP contribution >= 0.6 is 11.6 Å². The van der Waals surface area contributed by atoms with Crippen LogP contribution in [-0.2, 0) is 0 Å². The number of hydrogen-bond donors (Lipinski definition) is 0. The van der Waals surface area contributed by atoms with Crippen molar-refractivity contribution in [3.8, 4) is 17.0 Å². The smallest absolute Gasteiger partial charge is 0.137 e. The molecule has 0 saturated heterocycles. The molecule has 3 nitrogen and oxygen atoms in total. The maximum absolute atomic E-state index is 6.47. The number of fused-ring (bicyclic) bond motifs is 1. The van der Waals surface area contributed by atoms with Crippen LogP contribution in [0.5, 0.6) is 5.75 Å². The molecule has 120 valence electrons. The fourth-order valence-electron chi connectivity index (χ4n) is 2.82. The summed E-state index contributed by atoms with van der Waals surface area (Å²) in [5, 5.41) is -0.132. The number of rotatable bonds is 4. The molecule has 0 radical (unpaired) electrons. The van der Waals surface area contributed by atoms with Crippen LogP contribution in [0.4, 0.5) is 0 Å². The Kier molecular flexibility index (Phi) is 4.31. The van der Waals surface area contributed by atoms with Gasteiger partial charge in [0.05, 0.1) is 22.9 Å². The van der Waals surface area contributed by atoms with Crippen LogP contribution < -0.4 is 4.74 Å². The monoisotopic (exact) mass is 328 g/mol. The highest BCUT2D eigenvalue weighted by atomic mass is 35.5. The fraction of sp³-hybridized carbons (Fsp3) is 0.316. The number of pyridine rings is 1. The minimum Gasteiger partial charge on any atom is -0.491 e. The van der Waals surface area contributed by atoms with E-state index in [-0.39, 0.29) is 11.5 Å². The number of alkyl halides is 1. The van der Waals surface area contributed by atoms with Crippen LogP contribution in [-0.4, -0.2) is 15.5 Å². The van der Waals surface area contributed by atoms with Gasteiger partial charge in [-0.2, -0.15) is 0 Å². The molecule has 1 atom stereocenters. The number of halogens is 1. The van der Waals surface area contributed by atoms with Crippen LogP contribution in [0.1, 0.15) is 37.5 Å². The summed E-state index contributed by atoms with van der Waals surface area (Å²) in [6.45, 7) is 8.09. The van der Waals surface area contributed by atoms with Gasteiger partial charge in [0, 0.05) is 11.3 Å². The van der Waals surface area contributed by atoms with Gasteiger partial charge in [-0.25, -0.2) is 4.98 Å². The van der Waals surface area contributed by atoms with E-state index in [1.165, 1.54) is 0 Å². The van der Waals surface area contributed by atoms with Gasteiger partial charge in [0.1, 0.15) is 11.4 Å². The van der Waals surface area contributed by atoms with E-state index in [1.807, 2.05) is 57.2 Å². The number of nitrogens with zero attached hydrogens (tertiary/aromatic N) is 2. The second kappa shape index (κ2) is 6.25. The fourth-order valence-corrected chi connectivity index (χ4v) is 3.02. The molecule has 1 aromatic carbocycles. The first-order chi connectivity index (χ1) is 11.0. The molecular weight excluding hydrogens is 308 g/mol. The van der Waals surface area contributed by atoms with Gasteiger partial charge >= 0.3 is 0 Å². The molecule has 0 fully saturated rings. The summed E-state index contributed by atoms with van der Waals surface area (Å²) in [6.07, 6.45) is 0.164. The Balaban J connectivity index is 2.12. The molecule has 0 saturated carbocycles. The second-order valence-electron chi connectivity index (χ2n) is 6.01. The van der Waals surface area contributed by atoms with E-state index in [1.54, 1.807) is 0 Å². The highest BCUT2D eigenvalue weighted by Crippen LogP contribution is 2.33. The highest BCUT2D eigenvalue weighted by Gasteiger charge is 2.19. The Morgan fingerprint density at radius 1 is 1.04 bits per heavy atom. The van der Waals surface area contributed by atoms with E-state index >= 15 is 0 Å². The summed E-state index contributed by atoms with van der Waals surface area (Å²) >= 11 is 6.47. The lowest BCUT2D eigenvalue weighted by molar-refractivity contribution is 0.242. The molecule has 1 unspecified atom stereocenters. The third-order valence-electron chi connectivity index (χ3n) is 3.75. The molecule has 2 aromatic heterocycles. The number of imidazole rings is 1. The second-order valence-corrected chi connectivity index (χ2v) is 6.67. The molecule has 23 heavy (non-hydrogen) atoms. The van der Waals surface area contributed by atoms with Gasteiger partial charge in [-0.05, 0) is 64.1 Å². The molecule has 0 amide bonds. The van der Waals surface area contributed by atoms with Crippen molar-refractivity contribution in [1.29, 1.82) is 0 Å². The number of ether oxygens (including phenoxy) is 1. The lowest BCUT2D eigenvalue weighted by Gasteiger charge is -2.11. The van der Waals surface area contributed by atoms with Crippen molar-refractivity contribution in [1.82, 2.24) is 9.38 Å². The zero-order valence-corrected chi connectivity index (χ0v) is 14.6. The van der Waals surface area contributed by atoms with Crippen LogP contribution in [0.3, 0.4) is 0 Å². The number of hydrogen-bond acceptors (Lipinski definition) is 2. The molecule has 0 aliphatic heterocycles. The summed E-state index contributed by atoms with van der Waals surface area (Å²) in [7, 11) is 0. The lowest BCUT2D eigenvalue weighted by atomic mass is 10.1. The van der Waals surface area contributed by atoms with Gasteiger partial charge in [0.15, 0.2) is 0 Å². The topological polar surface area (TPSA) is 26.5 Å². The van der Waals surface area contributed by atoms with Crippen LogP contribution in [0.15, 0.2) is 42.5 Å². The van der Waals surface area contributed by atoms with Crippen molar-refractivity contribution >= 4 is 17.2 Å². The molecule has 3 rings (SSSR count). The van der Waals surface area contributed by atoms with Crippen molar-refractivity contribution in [2.45, 2.75) is 39.2 Å². The first-order valence-corrected chi connectivity index (χ1v) is 8.30. The van der Waals surface area contributed by atoms with Crippen molar-refractivity contribution in [3.05, 3.63) is 53.9 Å². The van der Waals surface area contributed by atoms with E-state index in [9.17, 15) is 0 Å². The van der Waals surface area contributed by atoms with Crippen LogP contribution in [0.25, 0.3) is 16.9 Å². The molecule has 2 heterocycles. The average molecular weight is 329 g/mol. The molecule has 3 aromatic rings. The standard InChI is InChI=1S/C19H21ClN2O/c1-12(2)23-16-10-8-15(9-11-16)18-19(14(4)20)22-13(3)6-5-7-17(22)21-18/h5-12,14H,1-4H3. The summed E-state index contributed by atoms with van der Waals surface area (Å²) in [6, 6.07) is 14.1. The van der Waals surface area contributed by atoms with Crippen molar-refractivity contribution in [2.75, 3.05) is 0 Å². The summed E-state index contributed by atoms with van der Waals surface area (Å²) in [4.78, 5) is 4.79. The molecule has 4 heteroatoms. The largest absolute Gasteiger partial charge is 0.491 e. The van der Waals surface area contributed by atoms with Crippen LogP contribution in [0, 0.1) is 6.92 Å². The Labute approximate surface area is 141 Å². The summed E-state index contributed by atoms with van der Waals surface area (Å²) in [5.41, 5.74) is 5.05. The maximum Gasteiger partial charge on any atom is 0.137 e. The quantitative estimate of drug-likeness (QED) is 0.600. The summed E-state index contributed by atoms with van der Waals surface area (Å²) in [5.74, 6) is 0.865. The van der Waals surface area contributed by atoms with Gasteiger partial charge in [0.2, 0.25) is 0 Å². The number of benzene rings is 1. The molecular formula is C19H21ClN2O. The van der Waals surface area contributed by atoms with Crippen molar-refractivity contribution < 1.29 is 4.74 Å². The van der Waals surface area contributed by atoms with E-state index < -0.39 is 0 Å². The number of aryl methyl sites for hydroxylation is 1. The van der Waals surface area contributed by atoms with E-state index in [2.05, 4.69) is 17.4 Å². The normalized spacial score (nSPS) is 12.8. The zero-order valence-electron chi connectivity index (χ0n) is 13.9. The van der Waals surface area contributed by atoms with E-state index in [0.29, 0.717) is 0 Å². The predicted octanol–water partition coefficient (Wildman–Crippen LogP) is 5.40. The molecule has 0 aliphatic rings. The highest BCUT2D eigenvalue weighted by molar-refractivity contribution is 6.20. The third-order valence-corrected chi connectivity index (χ3v) is 3.96. The van der Waals surface area contributed by atoms with Gasteiger partial charge in [-0.15, -0.1) is 11.6 Å². The number of aromatic nitrogens is 2. The minimum absolute atomic E-state index is 0.132. The molecule has 0 aliphatic carbocycles. The van der Waals surface area contributed by atoms with E-state index in [4.69, 9.17) is 21.3 Å². The SMILES string of the molecule is Cc1cccc2nc(-c3ccc(OC(C)C)cc3)c(C(C)Cl)n12. The van der Waals surface area contributed by atoms with Gasteiger partial charge in [0.25, 0.3) is 0 Å². The Bertz CT molecular complexity index is 819.